The molecule has 0 radical (unpaired) electrons. The minimum absolute atomic E-state index is 0.0607. The SMILES string of the molecule is C=CC1=C(/C=C(\C)C#N)O/C(=C/C/C=C\C)C(=C)N1C1CCN(C(=O)OC(C)(C)C)C(CCC)C1.CC. The van der Waals surface area contributed by atoms with Gasteiger partial charge in [0.1, 0.15) is 11.4 Å². The third-order valence-corrected chi connectivity index (χ3v) is 6.00. The van der Waals surface area contributed by atoms with E-state index in [1.165, 1.54) is 0 Å². The molecule has 2 aliphatic rings. The van der Waals surface area contributed by atoms with Crippen LogP contribution in [0, 0.1) is 11.3 Å². The van der Waals surface area contributed by atoms with Gasteiger partial charge in [0.15, 0.2) is 5.76 Å². The van der Waals surface area contributed by atoms with Gasteiger partial charge in [-0.1, -0.05) is 52.5 Å². The van der Waals surface area contributed by atoms with Gasteiger partial charge in [0.05, 0.1) is 17.5 Å². The zero-order valence-corrected chi connectivity index (χ0v) is 24.3. The van der Waals surface area contributed by atoms with Crippen LogP contribution in [0.2, 0.25) is 0 Å². The molecule has 2 rings (SSSR count). The van der Waals surface area contributed by atoms with Gasteiger partial charge in [0, 0.05) is 24.2 Å². The summed E-state index contributed by atoms with van der Waals surface area (Å²) in [6.07, 6.45) is 13.4. The molecule has 6 nitrogen and oxygen atoms in total. The molecule has 2 unspecified atom stereocenters. The first kappa shape index (κ1) is 31.8. The second kappa shape index (κ2) is 15.1. The highest BCUT2D eigenvalue weighted by atomic mass is 16.6. The quantitative estimate of drug-likeness (QED) is 0.256. The molecule has 37 heavy (non-hydrogen) atoms. The number of rotatable bonds is 7. The lowest BCUT2D eigenvalue weighted by Gasteiger charge is -2.46. The molecule has 1 amide bonds. The van der Waals surface area contributed by atoms with Crippen molar-refractivity contribution in [2.24, 2.45) is 0 Å². The van der Waals surface area contributed by atoms with Crippen LogP contribution < -0.4 is 0 Å². The van der Waals surface area contributed by atoms with Gasteiger partial charge in [-0.05, 0) is 78.5 Å². The van der Waals surface area contributed by atoms with Crippen molar-refractivity contribution in [2.75, 3.05) is 6.54 Å². The van der Waals surface area contributed by atoms with Crippen molar-refractivity contribution in [2.45, 2.75) is 105 Å². The Balaban J connectivity index is 0.00000334. The van der Waals surface area contributed by atoms with Crippen LogP contribution in [0.25, 0.3) is 0 Å². The molecule has 0 bridgehead atoms. The van der Waals surface area contributed by atoms with Gasteiger partial charge in [-0.25, -0.2) is 4.79 Å². The number of piperidine rings is 1. The van der Waals surface area contributed by atoms with E-state index in [0.29, 0.717) is 30.1 Å². The fourth-order valence-electron chi connectivity index (χ4n) is 4.46. The van der Waals surface area contributed by atoms with Crippen LogP contribution in [0.3, 0.4) is 0 Å². The van der Waals surface area contributed by atoms with Gasteiger partial charge in [0.2, 0.25) is 0 Å². The van der Waals surface area contributed by atoms with Crippen molar-refractivity contribution in [3.63, 3.8) is 0 Å². The minimum atomic E-state index is -0.533. The number of ether oxygens (including phenoxy) is 2. The number of hydrogen-bond acceptors (Lipinski definition) is 5. The van der Waals surface area contributed by atoms with Gasteiger partial charge >= 0.3 is 6.09 Å². The molecule has 0 saturated carbocycles. The fourth-order valence-corrected chi connectivity index (χ4v) is 4.46. The first-order chi connectivity index (χ1) is 17.6. The van der Waals surface area contributed by atoms with E-state index in [1.807, 2.05) is 64.7 Å². The van der Waals surface area contributed by atoms with Crippen LogP contribution in [0.1, 0.15) is 87.5 Å². The molecular formula is C31H47N3O3. The Morgan fingerprint density at radius 1 is 1.32 bits per heavy atom. The summed E-state index contributed by atoms with van der Waals surface area (Å²) < 4.78 is 11.9. The second-order valence-corrected chi connectivity index (χ2v) is 9.98. The largest absolute Gasteiger partial charge is 0.453 e. The number of allylic oxidation sites excluding steroid dienone is 6. The summed E-state index contributed by atoms with van der Waals surface area (Å²) in [6, 6.07) is 2.34. The van der Waals surface area contributed by atoms with Gasteiger partial charge in [-0.3, -0.25) is 0 Å². The van der Waals surface area contributed by atoms with Crippen molar-refractivity contribution < 1.29 is 14.3 Å². The molecule has 0 aromatic rings. The van der Waals surface area contributed by atoms with Crippen LogP contribution in [0.15, 0.2) is 72.0 Å². The van der Waals surface area contributed by atoms with Crippen molar-refractivity contribution in [1.82, 2.24) is 9.80 Å². The standard InChI is InChI=1S/C29H41N3O3.C2H6/c1-9-12-13-15-26-22(5)32(25(11-3)27(34-26)18-21(4)20-30)24-16-17-31(23(19-24)14-10-2)28(33)35-29(6,7)8;1-2/h9,11-12,15,18,23-24H,3,5,10,13-14,16-17,19H2,1-2,4,6-8H3;1-2H3/b12-9-,21-18+,26-15+;. The normalized spacial score (nSPS) is 21.9. The number of likely N-dealkylation sites (tertiary alicyclic amines) is 1. The van der Waals surface area contributed by atoms with Crippen LogP contribution in [0.5, 0.6) is 0 Å². The van der Waals surface area contributed by atoms with Crippen molar-refractivity contribution in [3.05, 3.63) is 72.0 Å². The highest BCUT2D eigenvalue weighted by molar-refractivity contribution is 5.68. The van der Waals surface area contributed by atoms with Crippen molar-refractivity contribution in [1.29, 1.82) is 5.26 Å². The molecule has 0 aromatic heterocycles. The van der Waals surface area contributed by atoms with E-state index in [1.54, 1.807) is 19.1 Å². The molecule has 2 aliphatic heterocycles. The van der Waals surface area contributed by atoms with Crippen LogP contribution in [-0.4, -0.2) is 40.1 Å². The van der Waals surface area contributed by atoms with E-state index in [4.69, 9.17) is 9.47 Å². The van der Waals surface area contributed by atoms with Crippen LogP contribution in [-0.2, 0) is 9.47 Å². The summed E-state index contributed by atoms with van der Waals surface area (Å²) in [6.45, 7) is 24.6. The van der Waals surface area contributed by atoms with Crippen molar-refractivity contribution in [3.8, 4) is 6.07 Å². The maximum absolute atomic E-state index is 12.9. The topological polar surface area (TPSA) is 65.8 Å². The fraction of sp³-hybridized carbons (Fsp3) is 0.548. The Labute approximate surface area is 225 Å². The molecule has 204 valence electrons. The van der Waals surface area contributed by atoms with E-state index in [-0.39, 0.29) is 18.2 Å². The third kappa shape index (κ3) is 9.00. The Kier molecular flexibility index (Phi) is 13.0. The highest BCUT2D eigenvalue weighted by Gasteiger charge is 2.39. The lowest BCUT2D eigenvalue weighted by atomic mass is 9.91. The summed E-state index contributed by atoms with van der Waals surface area (Å²) in [5, 5.41) is 9.36. The maximum Gasteiger partial charge on any atom is 0.410 e. The summed E-state index contributed by atoms with van der Waals surface area (Å²) in [4.78, 5) is 17.0. The predicted molar refractivity (Wildman–Crippen MR) is 152 cm³/mol. The van der Waals surface area contributed by atoms with Gasteiger partial charge in [0.25, 0.3) is 0 Å². The lowest BCUT2D eigenvalue weighted by molar-refractivity contribution is 0.000888. The van der Waals surface area contributed by atoms with Crippen LogP contribution in [0.4, 0.5) is 4.79 Å². The first-order valence-corrected chi connectivity index (χ1v) is 13.5. The number of hydrogen-bond donors (Lipinski definition) is 0. The average molecular weight is 510 g/mol. The molecule has 6 heteroatoms. The lowest BCUT2D eigenvalue weighted by Crippen LogP contribution is -2.53. The minimum Gasteiger partial charge on any atom is -0.453 e. The maximum atomic E-state index is 12.9. The van der Waals surface area contributed by atoms with E-state index in [2.05, 4.69) is 31.1 Å². The van der Waals surface area contributed by atoms with E-state index < -0.39 is 5.60 Å². The summed E-state index contributed by atoms with van der Waals surface area (Å²) in [7, 11) is 0. The molecule has 0 N–H and O–H groups in total. The number of amides is 1. The number of carbonyl (C=O) groups excluding carboxylic acids is 1. The molecule has 2 atom stereocenters. The molecule has 0 aromatic carbocycles. The zero-order chi connectivity index (χ0) is 28.2. The Morgan fingerprint density at radius 2 is 2.00 bits per heavy atom. The molecule has 0 aliphatic carbocycles. The number of nitrogens with zero attached hydrogens (tertiary/aromatic N) is 3. The molecular weight excluding hydrogens is 462 g/mol. The number of carbonyl (C=O) groups is 1. The smallest absolute Gasteiger partial charge is 0.410 e. The van der Waals surface area contributed by atoms with Gasteiger partial charge in [-0.15, -0.1) is 0 Å². The predicted octanol–water partition coefficient (Wildman–Crippen LogP) is 8.14. The Morgan fingerprint density at radius 3 is 2.54 bits per heavy atom. The van der Waals surface area contributed by atoms with Crippen molar-refractivity contribution >= 4 is 6.09 Å². The Bertz CT molecular complexity index is 973. The van der Waals surface area contributed by atoms with Crippen LogP contribution >= 0.6 is 0 Å². The van der Waals surface area contributed by atoms with E-state index >= 15 is 0 Å². The highest BCUT2D eigenvalue weighted by Crippen LogP contribution is 2.38. The summed E-state index contributed by atoms with van der Waals surface area (Å²) in [5.74, 6) is 1.26. The first-order valence-electron chi connectivity index (χ1n) is 13.5. The molecule has 0 spiro atoms. The molecule has 1 fully saturated rings. The molecule has 2 heterocycles. The summed E-state index contributed by atoms with van der Waals surface area (Å²) in [5.41, 5.74) is 1.57. The monoisotopic (exact) mass is 509 g/mol. The third-order valence-electron chi connectivity index (χ3n) is 6.00. The number of nitriles is 1. The van der Waals surface area contributed by atoms with Gasteiger partial charge in [-0.2, -0.15) is 5.26 Å². The summed E-state index contributed by atoms with van der Waals surface area (Å²) >= 11 is 0. The van der Waals surface area contributed by atoms with E-state index in [0.717, 1.165) is 37.1 Å². The molecule has 1 saturated heterocycles. The van der Waals surface area contributed by atoms with E-state index in [9.17, 15) is 10.1 Å². The average Bonchev–Trinajstić information content (AvgIpc) is 2.85. The second-order valence-electron chi connectivity index (χ2n) is 9.98. The Hall–Kier alpha value is -3.20. The van der Waals surface area contributed by atoms with Gasteiger partial charge < -0.3 is 19.3 Å². The zero-order valence-electron chi connectivity index (χ0n) is 24.3.